The molecule has 0 spiro atoms. The number of hydrogen-bond acceptors (Lipinski definition) is 4. The van der Waals surface area contributed by atoms with Gasteiger partial charge in [-0.05, 0) is 31.4 Å². The summed E-state index contributed by atoms with van der Waals surface area (Å²) in [7, 11) is 1.97. The van der Waals surface area contributed by atoms with Gasteiger partial charge in [0.15, 0.2) is 5.96 Å². The Balaban J connectivity index is 1.61. The Morgan fingerprint density at radius 1 is 1.37 bits per heavy atom. The molecule has 27 heavy (non-hydrogen) atoms. The van der Waals surface area contributed by atoms with Gasteiger partial charge in [0.2, 0.25) is 5.91 Å². The first-order valence-electron chi connectivity index (χ1n) is 9.32. The second-order valence-corrected chi connectivity index (χ2v) is 7.78. The molecular weight excluding hydrogens is 358 g/mol. The Kier molecular flexibility index (Phi) is 6.45. The molecule has 0 fully saturated rings. The van der Waals surface area contributed by atoms with E-state index in [0.29, 0.717) is 13.1 Å². The van der Waals surface area contributed by atoms with Gasteiger partial charge >= 0.3 is 0 Å². The van der Waals surface area contributed by atoms with Crippen molar-refractivity contribution in [2.45, 2.75) is 33.4 Å². The minimum absolute atomic E-state index is 0.0674. The molecule has 7 heteroatoms. The van der Waals surface area contributed by atoms with Gasteiger partial charge in [-0.15, -0.1) is 11.3 Å². The first-order chi connectivity index (χ1) is 13.1. The fraction of sp³-hybridized carbons (Fsp3) is 0.450. The minimum Gasteiger partial charge on any atom is -0.357 e. The van der Waals surface area contributed by atoms with E-state index in [-0.39, 0.29) is 12.5 Å². The van der Waals surface area contributed by atoms with Gasteiger partial charge in [-0.3, -0.25) is 4.79 Å². The molecule has 1 aromatic carbocycles. The van der Waals surface area contributed by atoms with Crippen molar-refractivity contribution in [1.29, 1.82) is 0 Å². The topological polar surface area (TPSA) is 60.8 Å². The Bertz CT molecular complexity index is 816. The Hall–Kier alpha value is -2.41. The van der Waals surface area contributed by atoms with Crippen LogP contribution >= 0.6 is 11.3 Å². The van der Waals surface area contributed by atoms with Crippen LogP contribution in [0.4, 0.5) is 0 Å². The van der Waals surface area contributed by atoms with E-state index in [4.69, 9.17) is 0 Å². The molecule has 0 saturated heterocycles. The quantitative estimate of drug-likeness (QED) is 0.634. The van der Waals surface area contributed by atoms with E-state index in [0.717, 1.165) is 36.2 Å². The maximum absolute atomic E-state index is 12.7. The predicted molar refractivity (Wildman–Crippen MR) is 110 cm³/mol. The summed E-state index contributed by atoms with van der Waals surface area (Å²) in [5, 5.41) is 6.38. The van der Waals surface area contributed by atoms with Crippen molar-refractivity contribution in [3.8, 4) is 0 Å². The highest BCUT2D eigenvalue weighted by molar-refractivity contribution is 7.09. The van der Waals surface area contributed by atoms with Crippen LogP contribution in [0.25, 0.3) is 0 Å². The molecule has 2 heterocycles. The van der Waals surface area contributed by atoms with Crippen LogP contribution in [0.2, 0.25) is 0 Å². The molecule has 0 aliphatic carbocycles. The SMILES string of the molecule is CCNC(=NCC(=O)N1CCc2ccccc2C1)N(C)Cc1csc(C)n1. The predicted octanol–water partition coefficient (Wildman–Crippen LogP) is 2.43. The number of aliphatic imine (C=N–C) groups is 1. The van der Waals surface area contributed by atoms with Crippen LogP contribution in [0.15, 0.2) is 34.6 Å². The fourth-order valence-corrected chi connectivity index (χ4v) is 3.82. The number of rotatable bonds is 5. The largest absolute Gasteiger partial charge is 0.357 e. The number of carbonyl (C=O) groups is 1. The average molecular weight is 386 g/mol. The van der Waals surface area contributed by atoms with E-state index in [2.05, 4.69) is 38.9 Å². The lowest BCUT2D eigenvalue weighted by Crippen LogP contribution is -2.41. The average Bonchev–Trinajstić information content (AvgIpc) is 3.09. The summed E-state index contributed by atoms with van der Waals surface area (Å²) >= 11 is 1.64. The smallest absolute Gasteiger partial charge is 0.244 e. The maximum atomic E-state index is 12.7. The standard InChI is InChI=1S/C20H27N5OS/c1-4-21-20(24(3)13-18-14-27-15(2)23-18)22-11-19(26)25-10-9-16-7-5-6-8-17(16)12-25/h5-8,14H,4,9-13H2,1-3H3,(H,21,22). The third kappa shape index (κ3) is 5.07. The van der Waals surface area contributed by atoms with Crippen LogP contribution in [0.3, 0.4) is 0 Å². The number of carbonyl (C=O) groups excluding carboxylic acids is 1. The van der Waals surface area contributed by atoms with Crippen LogP contribution in [0, 0.1) is 6.92 Å². The lowest BCUT2D eigenvalue weighted by Gasteiger charge is -2.28. The summed E-state index contributed by atoms with van der Waals surface area (Å²) < 4.78 is 0. The van der Waals surface area contributed by atoms with Crippen molar-refractivity contribution in [3.05, 3.63) is 51.5 Å². The number of thiazole rings is 1. The molecule has 1 aliphatic heterocycles. The number of amides is 1. The van der Waals surface area contributed by atoms with Crippen LogP contribution in [-0.2, 0) is 24.3 Å². The summed E-state index contributed by atoms with van der Waals surface area (Å²) in [4.78, 5) is 25.6. The molecule has 1 N–H and O–H groups in total. The second-order valence-electron chi connectivity index (χ2n) is 6.72. The summed E-state index contributed by atoms with van der Waals surface area (Å²) in [5.74, 6) is 0.798. The van der Waals surface area contributed by atoms with Crippen molar-refractivity contribution >= 4 is 23.2 Å². The lowest BCUT2D eigenvalue weighted by molar-refractivity contribution is -0.130. The molecule has 6 nitrogen and oxygen atoms in total. The van der Waals surface area contributed by atoms with Crippen LogP contribution < -0.4 is 5.32 Å². The molecule has 1 amide bonds. The summed E-state index contributed by atoms with van der Waals surface area (Å²) in [6.45, 7) is 7.05. The van der Waals surface area contributed by atoms with Crippen molar-refractivity contribution in [2.24, 2.45) is 4.99 Å². The van der Waals surface area contributed by atoms with E-state index < -0.39 is 0 Å². The zero-order valence-corrected chi connectivity index (χ0v) is 17.1. The zero-order valence-electron chi connectivity index (χ0n) is 16.2. The van der Waals surface area contributed by atoms with E-state index in [1.54, 1.807) is 11.3 Å². The second kappa shape index (κ2) is 8.99. The molecule has 0 atom stereocenters. The van der Waals surface area contributed by atoms with Crippen molar-refractivity contribution < 1.29 is 4.79 Å². The van der Waals surface area contributed by atoms with E-state index in [1.165, 1.54) is 11.1 Å². The zero-order chi connectivity index (χ0) is 19.2. The molecule has 0 saturated carbocycles. The van der Waals surface area contributed by atoms with Gasteiger partial charge in [-0.2, -0.15) is 0 Å². The van der Waals surface area contributed by atoms with Crippen molar-refractivity contribution in [2.75, 3.05) is 26.7 Å². The molecule has 0 bridgehead atoms. The Morgan fingerprint density at radius 3 is 2.85 bits per heavy atom. The third-order valence-corrected chi connectivity index (χ3v) is 5.43. The molecule has 2 aromatic rings. The lowest BCUT2D eigenvalue weighted by atomic mass is 10.00. The summed E-state index contributed by atoms with van der Waals surface area (Å²) in [6.07, 6.45) is 0.911. The van der Waals surface area contributed by atoms with Crippen LogP contribution in [0.5, 0.6) is 0 Å². The monoisotopic (exact) mass is 385 g/mol. The highest BCUT2D eigenvalue weighted by Gasteiger charge is 2.20. The number of nitrogens with zero attached hydrogens (tertiary/aromatic N) is 4. The molecule has 0 radical (unpaired) electrons. The Labute approximate surface area is 164 Å². The molecule has 0 unspecified atom stereocenters. The minimum atomic E-state index is 0.0674. The number of hydrogen-bond donors (Lipinski definition) is 1. The van der Waals surface area contributed by atoms with Gasteiger partial charge in [0.1, 0.15) is 6.54 Å². The normalized spacial score (nSPS) is 14.0. The van der Waals surface area contributed by atoms with Gasteiger partial charge in [-0.1, -0.05) is 24.3 Å². The number of aryl methyl sites for hydroxylation is 1. The van der Waals surface area contributed by atoms with Crippen molar-refractivity contribution in [1.82, 2.24) is 20.1 Å². The Morgan fingerprint density at radius 2 is 2.15 bits per heavy atom. The number of benzene rings is 1. The molecule has 1 aliphatic rings. The third-order valence-electron chi connectivity index (χ3n) is 4.61. The summed E-state index contributed by atoms with van der Waals surface area (Å²) in [6, 6.07) is 8.34. The molecule has 1 aromatic heterocycles. The van der Waals surface area contributed by atoms with Crippen molar-refractivity contribution in [3.63, 3.8) is 0 Å². The first-order valence-corrected chi connectivity index (χ1v) is 10.2. The van der Waals surface area contributed by atoms with Crippen LogP contribution in [0.1, 0.15) is 28.8 Å². The van der Waals surface area contributed by atoms with Gasteiger partial charge in [-0.25, -0.2) is 9.98 Å². The fourth-order valence-electron chi connectivity index (χ4n) is 3.22. The highest BCUT2D eigenvalue weighted by Crippen LogP contribution is 2.18. The first kappa shape index (κ1) is 19.4. The van der Waals surface area contributed by atoms with E-state index in [9.17, 15) is 4.79 Å². The van der Waals surface area contributed by atoms with Gasteiger partial charge in [0.05, 0.1) is 17.2 Å². The van der Waals surface area contributed by atoms with Gasteiger partial charge in [0, 0.05) is 32.1 Å². The maximum Gasteiger partial charge on any atom is 0.244 e. The van der Waals surface area contributed by atoms with Gasteiger partial charge < -0.3 is 15.1 Å². The van der Waals surface area contributed by atoms with Crippen LogP contribution in [-0.4, -0.2) is 53.3 Å². The molecule has 3 rings (SSSR count). The van der Waals surface area contributed by atoms with E-state index >= 15 is 0 Å². The molecular formula is C20H27N5OS. The number of fused-ring (bicyclic) bond motifs is 1. The highest BCUT2D eigenvalue weighted by atomic mass is 32.1. The number of nitrogens with one attached hydrogen (secondary N) is 1. The number of guanidine groups is 1. The van der Waals surface area contributed by atoms with E-state index in [1.807, 2.05) is 36.8 Å². The number of aromatic nitrogens is 1. The molecule has 144 valence electrons. The van der Waals surface area contributed by atoms with Gasteiger partial charge in [0.25, 0.3) is 0 Å². The summed E-state index contributed by atoms with van der Waals surface area (Å²) in [5.41, 5.74) is 3.60.